The number of carbonyl (C=O) groups excluding carboxylic acids is 1. The molecule has 1 aliphatic heterocycles. The van der Waals surface area contributed by atoms with Crippen LogP contribution < -0.4 is 10.6 Å². The van der Waals surface area contributed by atoms with Crippen molar-refractivity contribution in [1.29, 1.82) is 0 Å². The van der Waals surface area contributed by atoms with E-state index in [0.717, 1.165) is 52.3 Å². The van der Waals surface area contributed by atoms with E-state index in [1.807, 2.05) is 7.05 Å². The number of hydrogen-bond acceptors (Lipinski definition) is 5. The highest BCUT2D eigenvalue weighted by molar-refractivity contribution is 5.78. The lowest BCUT2D eigenvalue weighted by Gasteiger charge is -2.23. The highest BCUT2D eigenvalue weighted by atomic mass is 16.5. The van der Waals surface area contributed by atoms with Crippen molar-refractivity contribution in [2.45, 2.75) is 18.9 Å². The van der Waals surface area contributed by atoms with Crippen molar-refractivity contribution in [2.24, 2.45) is 0 Å². The summed E-state index contributed by atoms with van der Waals surface area (Å²) in [7, 11) is 3.75. The van der Waals surface area contributed by atoms with Gasteiger partial charge in [0.2, 0.25) is 5.91 Å². The third-order valence-electron chi connectivity index (χ3n) is 3.22. The van der Waals surface area contributed by atoms with E-state index in [2.05, 4.69) is 15.5 Å². The molecule has 6 nitrogen and oxygen atoms in total. The number of methoxy groups -OCH3 is 1. The summed E-state index contributed by atoms with van der Waals surface area (Å²) in [5.41, 5.74) is 0. The molecule has 0 aromatic carbocycles. The van der Waals surface area contributed by atoms with E-state index >= 15 is 0 Å². The molecule has 19 heavy (non-hydrogen) atoms. The topological polar surface area (TPSA) is 62.8 Å². The number of carbonyl (C=O) groups is 1. The molecular weight excluding hydrogens is 246 g/mol. The van der Waals surface area contributed by atoms with Gasteiger partial charge in [-0.2, -0.15) is 0 Å². The molecule has 1 amide bonds. The summed E-state index contributed by atoms with van der Waals surface area (Å²) in [6.07, 6.45) is 1.84. The minimum Gasteiger partial charge on any atom is -0.383 e. The Bertz CT molecular complexity index is 245. The molecule has 0 spiro atoms. The molecule has 1 rings (SSSR count). The molecule has 0 unspecified atom stereocenters. The summed E-state index contributed by atoms with van der Waals surface area (Å²) < 4.78 is 10.3. The molecule has 6 heteroatoms. The fraction of sp³-hybridized carbons (Fsp3) is 0.923. The summed E-state index contributed by atoms with van der Waals surface area (Å²) in [6, 6.07) is 0.285. The fourth-order valence-corrected chi connectivity index (χ4v) is 1.95. The zero-order chi connectivity index (χ0) is 13.9. The van der Waals surface area contributed by atoms with Crippen LogP contribution >= 0.6 is 0 Å². The molecule has 0 radical (unpaired) electrons. The minimum absolute atomic E-state index is 0.0754. The van der Waals surface area contributed by atoms with Crippen molar-refractivity contribution in [2.75, 3.05) is 60.2 Å². The number of ether oxygens (including phenoxy) is 2. The molecule has 0 saturated carbocycles. The SMILES string of the molecule is COCCN(C)CCNCC(=O)NC1CCOCC1. The van der Waals surface area contributed by atoms with Crippen LogP contribution in [0.3, 0.4) is 0 Å². The summed E-state index contributed by atoms with van der Waals surface area (Å²) in [5.74, 6) is 0.0754. The van der Waals surface area contributed by atoms with Crippen LogP contribution in [0, 0.1) is 0 Å². The first-order valence-electron chi connectivity index (χ1n) is 6.97. The molecule has 1 aliphatic rings. The molecule has 0 atom stereocenters. The number of hydrogen-bond donors (Lipinski definition) is 2. The van der Waals surface area contributed by atoms with Crippen LogP contribution in [-0.2, 0) is 14.3 Å². The van der Waals surface area contributed by atoms with Gasteiger partial charge in [-0.15, -0.1) is 0 Å². The number of nitrogens with zero attached hydrogens (tertiary/aromatic N) is 1. The number of nitrogens with one attached hydrogen (secondary N) is 2. The number of amides is 1. The first-order chi connectivity index (χ1) is 9.22. The van der Waals surface area contributed by atoms with Crippen molar-refractivity contribution in [3.05, 3.63) is 0 Å². The lowest BCUT2D eigenvalue weighted by Crippen LogP contribution is -2.44. The van der Waals surface area contributed by atoms with Gasteiger partial charge in [-0.25, -0.2) is 0 Å². The third kappa shape index (κ3) is 8.15. The molecule has 0 aromatic rings. The Labute approximate surface area is 115 Å². The predicted molar refractivity (Wildman–Crippen MR) is 74.2 cm³/mol. The number of likely N-dealkylation sites (N-methyl/N-ethyl adjacent to an activating group) is 1. The zero-order valence-corrected chi connectivity index (χ0v) is 12.1. The second-order valence-corrected chi connectivity index (χ2v) is 4.93. The third-order valence-corrected chi connectivity index (χ3v) is 3.22. The van der Waals surface area contributed by atoms with E-state index in [9.17, 15) is 4.79 Å². The zero-order valence-electron chi connectivity index (χ0n) is 12.1. The van der Waals surface area contributed by atoms with Crippen molar-refractivity contribution < 1.29 is 14.3 Å². The molecule has 1 saturated heterocycles. The van der Waals surface area contributed by atoms with Crippen LogP contribution in [0.1, 0.15) is 12.8 Å². The molecule has 1 fully saturated rings. The maximum absolute atomic E-state index is 11.7. The number of rotatable bonds is 9. The maximum atomic E-state index is 11.7. The monoisotopic (exact) mass is 273 g/mol. The van der Waals surface area contributed by atoms with Gasteiger partial charge in [-0.3, -0.25) is 4.79 Å². The Balaban J connectivity index is 1.97. The van der Waals surface area contributed by atoms with Crippen molar-refractivity contribution >= 4 is 5.91 Å². The first-order valence-corrected chi connectivity index (χ1v) is 6.97. The van der Waals surface area contributed by atoms with Crippen LogP contribution in [0.5, 0.6) is 0 Å². The van der Waals surface area contributed by atoms with Crippen LogP contribution in [0.15, 0.2) is 0 Å². The van der Waals surface area contributed by atoms with E-state index < -0.39 is 0 Å². The molecule has 0 aliphatic carbocycles. The predicted octanol–water partition coefficient (Wildman–Crippen LogP) is -0.551. The molecule has 0 bridgehead atoms. The van der Waals surface area contributed by atoms with Crippen molar-refractivity contribution in [3.8, 4) is 0 Å². The average Bonchev–Trinajstić information content (AvgIpc) is 2.42. The van der Waals surface area contributed by atoms with Gasteiger partial charge >= 0.3 is 0 Å². The quantitative estimate of drug-likeness (QED) is 0.552. The van der Waals surface area contributed by atoms with Crippen LogP contribution in [0.2, 0.25) is 0 Å². The van der Waals surface area contributed by atoms with E-state index in [4.69, 9.17) is 9.47 Å². The van der Waals surface area contributed by atoms with Gasteiger partial charge in [0.1, 0.15) is 0 Å². The van der Waals surface area contributed by atoms with Crippen LogP contribution in [-0.4, -0.2) is 77.0 Å². The minimum atomic E-state index is 0.0754. The average molecular weight is 273 g/mol. The van der Waals surface area contributed by atoms with E-state index in [1.165, 1.54) is 0 Å². The second kappa shape index (κ2) is 10.1. The molecule has 2 N–H and O–H groups in total. The standard InChI is InChI=1S/C13H27N3O3/c1-16(7-10-18-2)6-5-14-11-13(17)15-12-3-8-19-9-4-12/h12,14H,3-11H2,1-2H3,(H,15,17). The van der Waals surface area contributed by atoms with Crippen molar-refractivity contribution in [3.63, 3.8) is 0 Å². The van der Waals surface area contributed by atoms with Crippen LogP contribution in [0.25, 0.3) is 0 Å². The van der Waals surface area contributed by atoms with Gasteiger partial charge in [0.05, 0.1) is 13.2 Å². The highest BCUT2D eigenvalue weighted by Gasteiger charge is 2.15. The van der Waals surface area contributed by atoms with E-state index in [1.54, 1.807) is 7.11 Å². The Morgan fingerprint density at radius 1 is 1.37 bits per heavy atom. The van der Waals surface area contributed by atoms with Gasteiger partial charge < -0.3 is 25.0 Å². The van der Waals surface area contributed by atoms with Gasteiger partial charge in [0.25, 0.3) is 0 Å². The highest BCUT2D eigenvalue weighted by Crippen LogP contribution is 2.05. The molecule has 0 aromatic heterocycles. The summed E-state index contributed by atoms with van der Waals surface area (Å²) in [6.45, 7) is 5.25. The van der Waals surface area contributed by atoms with Crippen LogP contribution in [0.4, 0.5) is 0 Å². The fourth-order valence-electron chi connectivity index (χ4n) is 1.95. The largest absolute Gasteiger partial charge is 0.383 e. The van der Waals surface area contributed by atoms with E-state index in [-0.39, 0.29) is 11.9 Å². The second-order valence-electron chi connectivity index (χ2n) is 4.93. The van der Waals surface area contributed by atoms with Gasteiger partial charge in [0, 0.05) is 46.0 Å². The first kappa shape index (κ1) is 16.4. The summed E-state index contributed by atoms with van der Waals surface area (Å²) >= 11 is 0. The summed E-state index contributed by atoms with van der Waals surface area (Å²) in [4.78, 5) is 13.9. The smallest absolute Gasteiger partial charge is 0.234 e. The van der Waals surface area contributed by atoms with Crippen molar-refractivity contribution in [1.82, 2.24) is 15.5 Å². The molecule has 1 heterocycles. The summed E-state index contributed by atoms with van der Waals surface area (Å²) in [5, 5.41) is 6.18. The lowest BCUT2D eigenvalue weighted by molar-refractivity contribution is -0.121. The van der Waals surface area contributed by atoms with Gasteiger partial charge in [0.15, 0.2) is 0 Å². The van der Waals surface area contributed by atoms with Gasteiger partial charge in [-0.05, 0) is 19.9 Å². The lowest BCUT2D eigenvalue weighted by atomic mass is 10.1. The molecule has 112 valence electrons. The Morgan fingerprint density at radius 3 is 2.79 bits per heavy atom. The van der Waals surface area contributed by atoms with Gasteiger partial charge in [-0.1, -0.05) is 0 Å². The molecular formula is C13H27N3O3. The normalized spacial score (nSPS) is 16.8. The Morgan fingerprint density at radius 2 is 2.11 bits per heavy atom. The maximum Gasteiger partial charge on any atom is 0.234 e. The Kier molecular flexibility index (Phi) is 8.73. The van der Waals surface area contributed by atoms with E-state index in [0.29, 0.717) is 6.54 Å². The Hall–Kier alpha value is -0.690.